The maximum Gasteiger partial charge on any atom is 0.337 e. The van der Waals surface area contributed by atoms with Crippen molar-refractivity contribution >= 4 is 11.9 Å². The van der Waals surface area contributed by atoms with E-state index in [0.29, 0.717) is 29.3 Å². The number of allylic oxidation sites excluding steroid dienone is 1. The number of ether oxygens (including phenoxy) is 1. The van der Waals surface area contributed by atoms with E-state index in [1.165, 1.54) is 7.11 Å². The minimum absolute atomic E-state index is 0.420. The Morgan fingerprint density at radius 3 is 2.71 bits per heavy atom. The van der Waals surface area contributed by atoms with Gasteiger partial charge in [-0.2, -0.15) is 5.26 Å². The Kier molecular flexibility index (Phi) is 5.81. The fourth-order valence-electron chi connectivity index (χ4n) is 3.65. The van der Waals surface area contributed by atoms with Gasteiger partial charge >= 0.3 is 5.97 Å². The van der Waals surface area contributed by atoms with Crippen LogP contribution in [0, 0.1) is 11.3 Å². The number of hydrogen-bond acceptors (Lipinski definition) is 6. The smallest absolute Gasteiger partial charge is 0.337 e. The third-order valence-electron chi connectivity index (χ3n) is 5.17. The van der Waals surface area contributed by atoms with Crippen molar-refractivity contribution in [3.8, 4) is 6.07 Å². The average Bonchev–Trinajstić information content (AvgIpc) is 3.12. The van der Waals surface area contributed by atoms with E-state index in [9.17, 15) is 10.1 Å². The highest BCUT2D eigenvalue weighted by Crippen LogP contribution is 2.39. The number of hydrogen-bond donors (Lipinski definition) is 1. The van der Waals surface area contributed by atoms with Gasteiger partial charge in [-0.15, -0.1) is 0 Å². The first-order valence-electron chi connectivity index (χ1n) is 9.39. The molecular formula is C21H25N5O2. The van der Waals surface area contributed by atoms with Crippen molar-refractivity contribution < 1.29 is 9.53 Å². The molecule has 0 amide bonds. The van der Waals surface area contributed by atoms with E-state index >= 15 is 0 Å². The molecule has 0 fully saturated rings. The van der Waals surface area contributed by atoms with Crippen LogP contribution in [0.3, 0.4) is 0 Å². The number of anilines is 1. The van der Waals surface area contributed by atoms with Crippen LogP contribution in [0.15, 0.2) is 41.7 Å². The zero-order valence-electron chi connectivity index (χ0n) is 16.7. The molecule has 2 aromatic rings. The van der Waals surface area contributed by atoms with Crippen LogP contribution in [0.1, 0.15) is 43.6 Å². The second-order valence-electron chi connectivity index (χ2n) is 6.66. The number of benzene rings is 1. The predicted octanol–water partition coefficient (Wildman–Crippen LogP) is 3.06. The molecule has 7 heteroatoms. The molecule has 0 radical (unpaired) electrons. The van der Waals surface area contributed by atoms with Crippen molar-refractivity contribution in [3.63, 3.8) is 0 Å². The molecule has 2 heterocycles. The standard InChI is InChI=1S/C21H25N5O2/c1-5-25(6-2)13-16-12-23-21-24-14(3)18(20(27)28-4)19(26(16)21)17-10-8-7-9-15(17)11-22/h7-10,12,19H,5-6,13H2,1-4H3,(H,23,24). The van der Waals surface area contributed by atoms with E-state index in [4.69, 9.17) is 4.74 Å². The molecule has 0 saturated heterocycles. The largest absolute Gasteiger partial charge is 0.466 e. The number of aromatic nitrogens is 2. The van der Waals surface area contributed by atoms with Gasteiger partial charge in [0.1, 0.15) is 0 Å². The fraction of sp³-hybridized carbons (Fsp3) is 0.381. The summed E-state index contributed by atoms with van der Waals surface area (Å²) in [6.07, 6.45) is 1.83. The van der Waals surface area contributed by atoms with E-state index < -0.39 is 12.0 Å². The molecule has 7 nitrogen and oxygen atoms in total. The van der Waals surface area contributed by atoms with Crippen LogP contribution in [0.2, 0.25) is 0 Å². The number of fused-ring (bicyclic) bond motifs is 1. The van der Waals surface area contributed by atoms with E-state index in [1.807, 2.05) is 35.9 Å². The summed E-state index contributed by atoms with van der Waals surface area (Å²) in [5.74, 6) is 0.237. The summed E-state index contributed by atoms with van der Waals surface area (Å²) >= 11 is 0. The summed E-state index contributed by atoms with van der Waals surface area (Å²) in [5.41, 5.74) is 3.41. The Morgan fingerprint density at radius 1 is 1.36 bits per heavy atom. The van der Waals surface area contributed by atoms with Gasteiger partial charge in [0.15, 0.2) is 0 Å². The molecule has 3 rings (SSSR count). The van der Waals surface area contributed by atoms with Gasteiger partial charge in [-0.25, -0.2) is 9.78 Å². The molecule has 28 heavy (non-hydrogen) atoms. The second-order valence-corrected chi connectivity index (χ2v) is 6.66. The fourth-order valence-corrected chi connectivity index (χ4v) is 3.65. The van der Waals surface area contributed by atoms with Gasteiger partial charge in [0.2, 0.25) is 5.95 Å². The summed E-state index contributed by atoms with van der Waals surface area (Å²) in [7, 11) is 1.37. The van der Waals surface area contributed by atoms with Crippen LogP contribution in [0.5, 0.6) is 0 Å². The minimum Gasteiger partial charge on any atom is -0.466 e. The van der Waals surface area contributed by atoms with Gasteiger partial charge < -0.3 is 14.6 Å². The summed E-state index contributed by atoms with van der Waals surface area (Å²) < 4.78 is 7.08. The lowest BCUT2D eigenvalue weighted by Crippen LogP contribution is -2.32. The number of nitriles is 1. The summed E-state index contributed by atoms with van der Waals surface area (Å²) in [4.78, 5) is 19.5. The molecule has 0 spiro atoms. The first kappa shape index (κ1) is 19.6. The highest BCUT2D eigenvalue weighted by atomic mass is 16.5. The Labute approximate surface area is 165 Å². The van der Waals surface area contributed by atoms with Gasteiger partial charge in [0, 0.05) is 12.2 Å². The molecule has 1 aliphatic heterocycles. The van der Waals surface area contributed by atoms with Gasteiger partial charge in [-0.05, 0) is 31.6 Å². The molecule has 1 aromatic heterocycles. The number of methoxy groups -OCH3 is 1. The van der Waals surface area contributed by atoms with Crippen molar-refractivity contribution in [2.75, 3.05) is 25.5 Å². The lowest BCUT2D eigenvalue weighted by molar-refractivity contribution is -0.136. The average molecular weight is 379 g/mol. The Hall–Kier alpha value is -3.11. The molecule has 1 N–H and O–H groups in total. The molecule has 0 saturated carbocycles. The highest BCUT2D eigenvalue weighted by Gasteiger charge is 2.36. The zero-order valence-corrected chi connectivity index (χ0v) is 16.7. The van der Waals surface area contributed by atoms with Gasteiger partial charge in [0.25, 0.3) is 0 Å². The van der Waals surface area contributed by atoms with Crippen molar-refractivity contribution in [2.24, 2.45) is 0 Å². The van der Waals surface area contributed by atoms with Gasteiger partial charge in [0.05, 0.1) is 42.2 Å². The predicted molar refractivity (Wildman–Crippen MR) is 106 cm³/mol. The van der Waals surface area contributed by atoms with Crippen molar-refractivity contribution in [2.45, 2.75) is 33.4 Å². The number of nitrogens with one attached hydrogen (secondary N) is 1. The van der Waals surface area contributed by atoms with Crippen molar-refractivity contribution in [1.82, 2.24) is 14.5 Å². The number of nitrogens with zero attached hydrogens (tertiary/aromatic N) is 4. The first-order valence-corrected chi connectivity index (χ1v) is 9.39. The molecule has 1 aliphatic rings. The molecule has 0 aliphatic carbocycles. The topological polar surface area (TPSA) is 83.2 Å². The number of carbonyl (C=O) groups is 1. The van der Waals surface area contributed by atoms with Crippen LogP contribution in [-0.2, 0) is 16.1 Å². The number of imidazole rings is 1. The van der Waals surface area contributed by atoms with Crippen LogP contribution >= 0.6 is 0 Å². The zero-order chi connectivity index (χ0) is 20.3. The second kappa shape index (κ2) is 8.28. The Balaban J connectivity index is 2.22. The minimum atomic E-state index is -0.479. The summed E-state index contributed by atoms with van der Waals surface area (Å²) in [5, 5.41) is 12.9. The van der Waals surface area contributed by atoms with Crippen LogP contribution in [0.4, 0.5) is 5.95 Å². The Bertz CT molecular complexity index is 950. The maximum absolute atomic E-state index is 12.7. The first-order chi connectivity index (χ1) is 13.5. The van der Waals surface area contributed by atoms with Gasteiger partial charge in [-0.3, -0.25) is 4.90 Å². The monoisotopic (exact) mass is 379 g/mol. The van der Waals surface area contributed by atoms with E-state index in [-0.39, 0.29) is 0 Å². The summed E-state index contributed by atoms with van der Waals surface area (Å²) in [6.45, 7) is 8.56. The van der Waals surface area contributed by atoms with Crippen molar-refractivity contribution in [3.05, 3.63) is 58.6 Å². The third kappa shape index (κ3) is 3.39. The molecule has 146 valence electrons. The van der Waals surface area contributed by atoms with E-state index in [2.05, 4.69) is 35.1 Å². The lowest BCUT2D eigenvalue weighted by Gasteiger charge is -2.32. The molecule has 1 atom stereocenters. The highest BCUT2D eigenvalue weighted by molar-refractivity contribution is 5.92. The molecule has 0 bridgehead atoms. The van der Waals surface area contributed by atoms with E-state index in [0.717, 1.165) is 24.3 Å². The third-order valence-corrected chi connectivity index (χ3v) is 5.17. The van der Waals surface area contributed by atoms with Crippen LogP contribution < -0.4 is 5.32 Å². The normalized spacial score (nSPS) is 15.8. The number of carbonyl (C=O) groups excluding carboxylic acids is 1. The SMILES string of the molecule is CCN(CC)Cc1cnc2n1C(c1ccccc1C#N)C(C(=O)OC)=C(C)N2. The van der Waals surface area contributed by atoms with E-state index in [1.54, 1.807) is 6.07 Å². The van der Waals surface area contributed by atoms with Crippen LogP contribution in [-0.4, -0.2) is 40.6 Å². The quantitative estimate of drug-likeness (QED) is 0.777. The summed E-state index contributed by atoms with van der Waals surface area (Å²) in [6, 6.07) is 9.12. The molecular weight excluding hydrogens is 354 g/mol. The number of rotatable bonds is 6. The molecule has 1 aromatic carbocycles. The Morgan fingerprint density at radius 2 is 2.07 bits per heavy atom. The maximum atomic E-state index is 12.7. The van der Waals surface area contributed by atoms with Gasteiger partial charge in [-0.1, -0.05) is 32.0 Å². The lowest BCUT2D eigenvalue weighted by atomic mass is 9.92. The van der Waals surface area contributed by atoms with Crippen LogP contribution in [0.25, 0.3) is 0 Å². The number of esters is 1. The molecule has 1 unspecified atom stereocenters. The van der Waals surface area contributed by atoms with Crippen molar-refractivity contribution in [1.29, 1.82) is 5.26 Å².